The molecule has 0 spiro atoms. The van der Waals surface area contributed by atoms with Crippen LogP contribution in [0.5, 0.6) is 0 Å². The van der Waals surface area contributed by atoms with E-state index in [1.54, 1.807) is 0 Å². The second-order valence-electron chi connectivity index (χ2n) is 14.4. The zero-order chi connectivity index (χ0) is 29.2. The van der Waals surface area contributed by atoms with Crippen molar-refractivity contribution in [3.05, 3.63) is 0 Å². The molecule has 7 nitrogen and oxygen atoms in total. The summed E-state index contributed by atoms with van der Waals surface area (Å²) in [5, 5.41) is 11.7. The van der Waals surface area contributed by atoms with E-state index in [4.69, 9.17) is 18.3 Å². The summed E-state index contributed by atoms with van der Waals surface area (Å²) in [5.74, 6) is -1.40. The summed E-state index contributed by atoms with van der Waals surface area (Å²) in [6.45, 7) is 30.1. The number of aldehydes is 1. The molecule has 0 radical (unpaired) electrons. The Kier molecular flexibility index (Phi) is 11.4. The van der Waals surface area contributed by atoms with Crippen molar-refractivity contribution in [2.24, 2.45) is 23.7 Å². The molecule has 1 rings (SSSR count). The molecule has 0 amide bonds. The first-order valence-electron chi connectivity index (χ1n) is 13.7. The molecular formula is C28H56O7Si2. The maximum absolute atomic E-state index is 12.3. The minimum atomic E-state index is -2.10. The first kappa shape index (κ1) is 34.4. The van der Waals surface area contributed by atoms with Gasteiger partial charge in [0.1, 0.15) is 6.29 Å². The van der Waals surface area contributed by atoms with Crippen LogP contribution in [0.1, 0.15) is 69.2 Å². The molecular weight excluding hydrogens is 504 g/mol. The topological polar surface area (TPSA) is 94.6 Å². The molecule has 218 valence electrons. The largest absolute Gasteiger partial charge is 0.465 e. The van der Waals surface area contributed by atoms with Gasteiger partial charge in [-0.25, -0.2) is 0 Å². The number of carbonyl (C=O) groups is 2. The van der Waals surface area contributed by atoms with E-state index in [1.165, 1.54) is 6.92 Å². The van der Waals surface area contributed by atoms with E-state index in [0.29, 0.717) is 6.61 Å². The lowest BCUT2D eigenvalue weighted by atomic mass is 9.75. The quantitative estimate of drug-likeness (QED) is 0.124. The van der Waals surface area contributed by atoms with Crippen LogP contribution in [-0.2, 0) is 27.9 Å². The van der Waals surface area contributed by atoms with Gasteiger partial charge >= 0.3 is 5.97 Å². The van der Waals surface area contributed by atoms with Gasteiger partial charge in [-0.1, -0.05) is 55.4 Å². The number of ether oxygens (including phenoxy) is 2. The van der Waals surface area contributed by atoms with Gasteiger partial charge in [-0.2, -0.15) is 0 Å². The molecule has 0 bridgehead atoms. The molecule has 1 aliphatic rings. The van der Waals surface area contributed by atoms with Crippen molar-refractivity contribution in [2.75, 3.05) is 19.8 Å². The first-order valence-corrected chi connectivity index (χ1v) is 19.6. The third-order valence-electron chi connectivity index (χ3n) is 9.44. The van der Waals surface area contributed by atoms with Crippen molar-refractivity contribution in [3.63, 3.8) is 0 Å². The van der Waals surface area contributed by atoms with Crippen molar-refractivity contribution in [1.29, 1.82) is 0 Å². The fraction of sp³-hybridized carbons (Fsp3) is 0.929. The number of esters is 1. The molecule has 37 heavy (non-hydrogen) atoms. The number of hydrogen-bond acceptors (Lipinski definition) is 7. The van der Waals surface area contributed by atoms with Crippen LogP contribution >= 0.6 is 0 Å². The summed E-state index contributed by atoms with van der Waals surface area (Å²) in [6, 6.07) is 0. The Labute approximate surface area is 228 Å². The van der Waals surface area contributed by atoms with E-state index in [2.05, 4.69) is 74.7 Å². The molecule has 0 aliphatic carbocycles. The number of aliphatic hydroxyl groups excluding tert-OH is 1. The highest BCUT2D eigenvalue weighted by atomic mass is 28.4. The van der Waals surface area contributed by atoms with Crippen molar-refractivity contribution in [1.82, 2.24) is 0 Å². The standard InChI is InChI=1S/C28H56O7Si2/c1-19(16-32-21(3)30)25-28(10,35-25)20(2)23(18-34-37(13,14)27(7,8)9)24(31)22(15-29)17-33-36(11,12)26(4,5)6/h15,19-20,22-25,31H,16-18H2,1-14H3/t19-,20-,22-,23+,24+,25+,28?/m0/s1. The molecule has 0 aromatic heterocycles. The van der Waals surface area contributed by atoms with Gasteiger partial charge in [0, 0.05) is 32.0 Å². The van der Waals surface area contributed by atoms with Gasteiger partial charge in [-0.15, -0.1) is 0 Å². The lowest BCUT2D eigenvalue weighted by Gasteiger charge is -2.41. The van der Waals surface area contributed by atoms with Crippen LogP contribution in [0.15, 0.2) is 0 Å². The fourth-order valence-corrected chi connectivity index (χ4v) is 6.25. The Morgan fingerprint density at radius 1 is 0.973 bits per heavy atom. The molecule has 1 heterocycles. The van der Waals surface area contributed by atoms with Crippen LogP contribution < -0.4 is 0 Å². The van der Waals surface area contributed by atoms with E-state index in [9.17, 15) is 14.7 Å². The van der Waals surface area contributed by atoms with Crippen LogP contribution in [-0.4, -0.2) is 71.6 Å². The average molecular weight is 561 g/mol. The minimum Gasteiger partial charge on any atom is -0.465 e. The zero-order valence-corrected chi connectivity index (χ0v) is 28.1. The molecule has 7 atom stereocenters. The Morgan fingerprint density at radius 3 is 1.84 bits per heavy atom. The van der Waals surface area contributed by atoms with Gasteiger partial charge in [0.25, 0.3) is 0 Å². The van der Waals surface area contributed by atoms with Gasteiger partial charge in [0.05, 0.1) is 30.3 Å². The minimum absolute atomic E-state index is 0.00412. The van der Waals surface area contributed by atoms with Crippen molar-refractivity contribution in [3.8, 4) is 0 Å². The van der Waals surface area contributed by atoms with E-state index in [1.807, 2.05) is 13.8 Å². The second kappa shape index (κ2) is 12.3. The Balaban J connectivity index is 3.17. The van der Waals surface area contributed by atoms with Gasteiger partial charge in [-0.3, -0.25) is 4.79 Å². The average Bonchev–Trinajstić information content (AvgIpc) is 3.43. The summed E-state index contributed by atoms with van der Waals surface area (Å²) in [7, 11) is -4.20. The number of rotatable bonds is 14. The van der Waals surface area contributed by atoms with E-state index >= 15 is 0 Å². The fourth-order valence-electron chi connectivity index (χ4n) is 4.17. The molecule has 1 N–H and O–H groups in total. The maximum Gasteiger partial charge on any atom is 0.302 e. The molecule has 0 saturated carbocycles. The summed E-state index contributed by atoms with van der Waals surface area (Å²) in [6.07, 6.45) is -0.212. The maximum atomic E-state index is 12.3. The third-order valence-corrected chi connectivity index (χ3v) is 18.4. The second-order valence-corrected chi connectivity index (χ2v) is 24.0. The molecule has 1 fully saturated rings. The number of carbonyl (C=O) groups excluding carboxylic acids is 2. The van der Waals surface area contributed by atoms with Crippen molar-refractivity contribution < 1.29 is 33.0 Å². The number of aliphatic hydroxyl groups is 1. The van der Waals surface area contributed by atoms with Gasteiger partial charge < -0.3 is 28.2 Å². The van der Waals surface area contributed by atoms with Crippen LogP contribution in [0.3, 0.4) is 0 Å². The van der Waals surface area contributed by atoms with E-state index in [-0.39, 0.29) is 53.1 Å². The summed E-state index contributed by atoms with van der Waals surface area (Å²) >= 11 is 0. The molecule has 9 heteroatoms. The van der Waals surface area contributed by atoms with E-state index in [0.717, 1.165) is 6.29 Å². The molecule has 1 saturated heterocycles. The van der Waals surface area contributed by atoms with Gasteiger partial charge in [0.2, 0.25) is 0 Å². The van der Waals surface area contributed by atoms with Crippen LogP contribution in [0.4, 0.5) is 0 Å². The SMILES string of the molecule is CC(=O)OC[C@H](C)[C@H]1OC1(C)[C@@H](C)[C@@H](CO[Si](C)(C)C(C)(C)C)[C@H](O)[C@@H](C=O)CO[Si](C)(C)C(C)(C)C. The summed E-state index contributed by atoms with van der Waals surface area (Å²) in [4.78, 5) is 23.5. The summed E-state index contributed by atoms with van der Waals surface area (Å²) < 4.78 is 24.4. The van der Waals surface area contributed by atoms with Gasteiger partial charge in [-0.05, 0) is 49.1 Å². The van der Waals surface area contributed by atoms with Crippen molar-refractivity contribution in [2.45, 2.75) is 123 Å². The first-order chi connectivity index (χ1) is 16.5. The van der Waals surface area contributed by atoms with Crippen LogP contribution in [0.25, 0.3) is 0 Å². The molecule has 0 aromatic carbocycles. The molecule has 1 aliphatic heterocycles. The lowest BCUT2D eigenvalue weighted by Crippen LogP contribution is -2.49. The van der Waals surface area contributed by atoms with Crippen LogP contribution in [0.2, 0.25) is 36.3 Å². The smallest absolute Gasteiger partial charge is 0.302 e. The Morgan fingerprint density at radius 2 is 1.43 bits per heavy atom. The third kappa shape index (κ3) is 8.70. The highest BCUT2D eigenvalue weighted by Gasteiger charge is 2.61. The van der Waals surface area contributed by atoms with Gasteiger partial charge in [0.15, 0.2) is 16.6 Å². The summed E-state index contributed by atoms with van der Waals surface area (Å²) in [5.41, 5.74) is -0.518. The molecule has 0 aromatic rings. The van der Waals surface area contributed by atoms with Crippen LogP contribution in [0, 0.1) is 23.7 Å². The number of hydrogen-bond donors (Lipinski definition) is 1. The monoisotopic (exact) mass is 560 g/mol. The Bertz CT molecular complexity index is 771. The highest BCUT2D eigenvalue weighted by Crippen LogP contribution is 2.51. The van der Waals surface area contributed by atoms with Crippen molar-refractivity contribution >= 4 is 28.9 Å². The predicted octanol–water partition coefficient (Wildman–Crippen LogP) is 5.82. The molecule has 1 unspecified atom stereocenters. The normalized spacial score (nSPS) is 25.1. The number of epoxide rings is 1. The zero-order valence-electron chi connectivity index (χ0n) is 26.1. The van der Waals surface area contributed by atoms with E-state index < -0.39 is 34.3 Å². The highest BCUT2D eigenvalue weighted by molar-refractivity contribution is 6.74. The lowest BCUT2D eigenvalue weighted by molar-refractivity contribution is -0.142. The predicted molar refractivity (Wildman–Crippen MR) is 154 cm³/mol. The Hall–Kier alpha value is -0.586.